The number of carboxylic acid groups (broad SMARTS) is 1. The Balaban J connectivity index is 3.16. The molecule has 0 saturated heterocycles. The Morgan fingerprint density at radius 1 is 1.44 bits per heavy atom. The second-order valence-electron chi connectivity index (χ2n) is 3.38. The van der Waals surface area contributed by atoms with E-state index in [1.807, 2.05) is 0 Å². The summed E-state index contributed by atoms with van der Waals surface area (Å²) in [6.45, 7) is 1.79. The summed E-state index contributed by atoms with van der Waals surface area (Å²) in [5.74, 6) is -1.69. The first-order chi connectivity index (χ1) is 7.47. The normalized spacial score (nSPS) is 11.9. The number of aryl methyl sites for hydroxylation is 1. The van der Waals surface area contributed by atoms with Gasteiger partial charge < -0.3 is 15.6 Å². The minimum atomic E-state index is -1.56. The van der Waals surface area contributed by atoms with Crippen LogP contribution in [0.3, 0.4) is 0 Å². The van der Waals surface area contributed by atoms with Gasteiger partial charge in [0.1, 0.15) is 5.75 Å². The van der Waals surface area contributed by atoms with Gasteiger partial charge in [-0.3, -0.25) is 9.59 Å². The lowest BCUT2D eigenvalue weighted by atomic mass is 10.0. The number of hydrogen-bond acceptors (Lipinski definition) is 4. The first kappa shape index (κ1) is 12.2. The van der Waals surface area contributed by atoms with E-state index in [1.54, 1.807) is 25.1 Å². The van der Waals surface area contributed by atoms with Gasteiger partial charge in [-0.25, -0.2) is 0 Å². The molecular formula is C11H13NO4. The largest absolute Gasteiger partial charge is 0.496 e. The van der Waals surface area contributed by atoms with Crippen LogP contribution < -0.4 is 10.5 Å². The molecule has 0 spiro atoms. The average molecular weight is 223 g/mol. The van der Waals surface area contributed by atoms with Gasteiger partial charge in [0.25, 0.3) is 0 Å². The molecule has 0 fully saturated rings. The molecule has 0 aliphatic rings. The molecule has 0 saturated carbocycles. The minimum Gasteiger partial charge on any atom is -0.496 e. The third-order valence-corrected chi connectivity index (χ3v) is 2.17. The SMILES string of the molecule is COc1ccc(C)cc1C(=O)C(N)C(=O)O. The number of nitrogens with two attached hydrogens (primary N) is 1. The zero-order valence-electron chi connectivity index (χ0n) is 9.06. The van der Waals surface area contributed by atoms with Crippen molar-refractivity contribution in [1.82, 2.24) is 0 Å². The quantitative estimate of drug-likeness (QED) is 0.576. The molecule has 86 valence electrons. The highest BCUT2D eigenvalue weighted by Crippen LogP contribution is 2.20. The Bertz CT molecular complexity index is 428. The summed E-state index contributed by atoms with van der Waals surface area (Å²) in [7, 11) is 1.41. The summed E-state index contributed by atoms with van der Waals surface area (Å²) in [5.41, 5.74) is 6.29. The smallest absolute Gasteiger partial charge is 0.328 e. The molecule has 0 amide bonds. The van der Waals surface area contributed by atoms with Crippen molar-refractivity contribution >= 4 is 11.8 Å². The molecule has 1 unspecified atom stereocenters. The van der Waals surface area contributed by atoms with Gasteiger partial charge in [-0.2, -0.15) is 0 Å². The van der Waals surface area contributed by atoms with Crippen molar-refractivity contribution < 1.29 is 19.4 Å². The summed E-state index contributed by atoms with van der Waals surface area (Å²) in [5, 5.41) is 8.66. The highest BCUT2D eigenvalue weighted by Gasteiger charge is 2.25. The van der Waals surface area contributed by atoms with Gasteiger partial charge in [-0.15, -0.1) is 0 Å². The van der Waals surface area contributed by atoms with Crippen LogP contribution in [0.1, 0.15) is 15.9 Å². The van der Waals surface area contributed by atoms with E-state index in [0.717, 1.165) is 5.56 Å². The lowest BCUT2D eigenvalue weighted by Gasteiger charge is -2.10. The fraction of sp³-hybridized carbons (Fsp3) is 0.273. The number of methoxy groups -OCH3 is 1. The zero-order valence-corrected chi connectivity index (χ0v) is 9.06. The Labute approximate surface area is 92.8 Å². The average Bonchev–Trinajstić information content (AvgIpc) is 2.26. The van der Waals surface area contributed by atoms with Gasteiger partial charge in [-0.05, 0) is 19.1 Å². The molecule has 0 heterocycles. The van der Waals surface area contributed by atoms with Crippen LogP contribution in [0.4, 0.5) is 0 Å². The number of hydrogen-bond donors (Lipinski definition) is 2. The van der Waals surface area contributed by atoms with Gasteiger partial charge in [0.05, 0.1) is 12.7 Å². The van der Waals surface area contributed by atoms with Crippen LogP contribution >= 0.6 is 0 Å². The van der Waals surface area contributed by atoms with E-state index in [-0.39, 0.29) is 5.56 Å². The predicted octanol–water partition coefficient (Wildman–Crippen LogP) is 0.598. The predicted molar refractivity (Wildman–Crippen MR) is 57.7 cm³/mol. The molecule has 0 bridgehead atoms. The lowest BCUT2D eigenvalue weighted by Crippen LogP contribution is -2.38. The van der Waals surface area contributed by atoms with Crippen molar-refractivity contribution in [3.63, 3.8) is 0 Å². The first-order valence-corrected chi connectivity index (χ1v) is 4.64. The zero-order chi connectivity index (χ0) is 12.3. The van der Waals surface area contributed by atoms with E-state index in [4.69, 9.17) is 15.6 Å². The number of ketones is 1. The number of carboxylic acids is 1. The van der Waals surface area contributed by atoms with E-state index in [2.05, 4.69) is 0 Å². The molecule has 1 aromatic rings. The van der Waals surface area contributed by atoms with Gasteiger partial charge in [0, 0.05) is 0 Å². The molecule has 1 rings (SSSR count). The number of benzene rings is 1. The number of aliphatic carboxylic acids is 1. The number of ether oxygens (including phenoxy) is 1. The molecule has 0 radical (unpaired) electrons. The van der Waals surface area contributed by atoms with Crippen molar-refractivity contribution in [3.8, 4) is 5.75 Å². The highest BCUT2D eigenvalue weighted by atomic mass is 16.5. The lowest BCUT2D eigenvalue weighted by molar-refractivity contribution is -0.137. The van der Waals surface area contributed by atoms with Crippen molar-refractivity contribution in [1.29, 1.82) is 0 Å². The Morgan fingerprint density at radius 3 is 2.56 bits per heavy atom. The highest BCUT2D eigenvalue weighted by molar-refractivity contribution is 6.12. The molecule has 5 heteroatoms. The number of carbonyl (C=O) groups is 2. The van der Waals surface area contributed by atoms with Crippen molar-refractivity contribution in [2.75, 3.05) is 7.11 Å². The summed E-state index contributed by atoms with van der Waals surface area (Å²) < 4.78 is 4.98. The van der Waals surface area contributed by atoms with Crippen LogP contribution in [0.5, 0.6) is 5.75 Å². The van der Waals surface area contributed by atoms with Gasteiger partial charge in [0.15, 0.2) is 11.8 Å². The molecular weight excluding hydrogens is 210 g/mol. The monoisotopic (exact) mass is 223 g/mol. The van der Waals surface area contributed by atoms with E-state index in [0.29, 0.717) is 5.75 Å². The molecule has 16 heavy (non-hydrogen) atoms. The fourth-order valence-electron chi connectivity index (χ4n) is 1.29. The minimum absolute atomic E-state index is 0.192. The maximum atomic E-state index is 11.7. The third-order valence-electron chi connectivity index (χ3n) is 2.17. The molecule has 1 atom stereocenters. The van der Waals surface area contributed by atoms with E-state index >= 15 is 0 Å². The number of carbonyl (C=O) groups excluding carboxylic acids is 1. The maximum Gasteiger partial charge on any atom is 0.328 e. The molecule has 3 N–H and O–H groups in total. The van der Waals surface area contributed by atoms with Crippen molar-refractivity contribution in [2.45, 2.75) is 13.0 Å². The summed E-state index contributed by atoms with van der Waals surface area (Å²) in [6, 6.07) is 3.37. The van der Waals surface area contributed by atoms with Crippen molar-refractivity contribution in [3.05, 3.63) is 29.3 Å². The Hall–Kier alpha value is -1.88. The fourth-order valence-corrected chi connectivity index (χ4v) is 1.29. The first-order valence-electron chi connectivity index (χ1n) is 4.64. The summed E-state index contributed by atoms with van der Waals surface area (Å²) in [6.07, 6.45) is 0. The van der Waals surface area contributed by atoms with Crippen LogP contribution in [0, 0.1) is 6.92 Å². The Kier molecular flexibility index (Phi) is 3.63. The molecule has 5 nitrogen and oxygen atoms in total. The van der Waals surface area contributed by atoms with Crippen LogP contribution in [0.2, 0.25) is 0 Å². The second kappa shape index (κ2) is 4.76. The van der Waals surface area contributed by atoms with E-state index in [9.17, 15) is 9.59 Å². The van der Waals surface area contributed by atoms with Crippen molar-refractivity contribution in [2.24, 2.45) is 5.73 Å². The van der Waals surface area contributed by atoms with Crippen LogP contribution in [0.15, 0.2) is 18.2 Å². The van der Waals surface area contributed by atoms with Gasteiger partial charge in [-0.1, -0.05) is 11.6 Å². The summed E-state index contributed by atoms with van der Waals surface area (Å²) in [4.78, 5) is 22.3. The molecule has 1 aromatic carbocycles. The maximum absolute atomic E-state index is 11.7. The molecule has 0 aliphatic heterocycles. The number of Topliss-reactive ketones (excluding diaryl/α,β-unsaturated/α-hetero) is 1. The van der Waals surface area contributed by atoms with E-state index in [1.165, 1.54) is 7.11 Å². The standard InChI is InChI=1S/C11H13NO4/c1-6-3-4-8(16-2)7(5-6)10(13)9(12)11(14)15/h3-5,9H,12H2,1-2H3,(H,14,15). The van der Waals surface area contributed by atoms with Crippen LogP contribution in [0.25, 0.3) is 0 Å². The topological polar surface area (TPSA) is 89.6 Å². The molecule has 0 aromatic heterocycles. The Morgan fingerprint density at radius 2 is 2.06 bits per heavy atom. The van der Waals surface area contributed by atoms with Gasteiger partial charge in [0.2, 0.25) is 0 Å². The molecule has 0 aliphatic carbocycles. The van der Waals surface area contributed by atoms with Gasteiger partial charge >= 0.3 is 5.97 Å². The summed E-state index contributed by atoms with van der Waals surface area (Å²) >= 11 is 0. The van der Waals surface area contributed by atoms with Crippen LogP contribution in [-0.4, -0.2) is 30.0 Å². The van der Waals surface area contributed by atoms with Crippen LogP contribution in [-0.2, 0) is 4.79 Å². The number of rotatable bonds is 4. The second-order valence-corrected chi connectivity index (χ2v) is 3.38. The van der Waals surface area contributed by atoms with E-state index < -0.39 is 17.8 Å². The third kappa shape index (κ3) is 2.38.